The van der Waals surface area contributed by atoms with Crippen molar-refractivity contribution in [3.05, 3.63) is 59.1 Å². The molecule has 192 valence electrons. The minimum atomic E-state index is -3.92. The number of nitrogens with two attached hydrogens (primary N) is 1. The van der Waals surface area contributed by atoms with Crippen molar-refractivity contribution >= 4 is 45.0 Å². The molecule has 1 aliphatic carbocycles. The van der Waals surface area contributed by atoms with Gasteiger partial charge in [0.1, 0.15) is 6.04 Å². The third-order valence-corrected chi connectivity index (χ3v) is 9.17. The molecule has 36 heavy (non-hydrogen) atoms. The van der Waals surface area contributed by atoms with Crippen molar-refractivity contribution in [3.8, 4) is 0 Å². The third kappa shape index (κ3) is 4.55. The van der Waals surface area contributed by atoms with Crippen LogP contribution in [0.15, 0.2) is 53.4 Å². The van der Waals surface area contributed by atoms with Gasteiger partial charge < -0.3 is 4.90 Å². The minimum Gasteiger partial charge on any atom is -0.329 e. The summed E-state index contributed by atoms with van der Waals surface area (Å²) in [5.74, 6) is -1.40. The molecule has 1 unspecified atom stereocenters. The van der Waals surface area contributed by atoms with E-state index in [1.54, 1.807) is 11.0 Å². The molecule has 0 spiro atoms. The second-order valence-electron chi connectivity index (χ2n) is 10.6. The lowest BCUT2D eigenvalue weighted by Gasteiger charge is -2.29. The van der Waals surface area contributed by atoms with Gasteiger partial charge in [0.25, 0.3) is 5.91 Å². The number of hydrogen-bond acceptors (Lipinski definition) is 5. The van der Waals surface area contributed by atoms with E-state index in [-0.39, 0.29) is 46.2 Å². The van der Waals surface area contributed by atoms with E-state index in [9.17, 15) is 22.8 Å². The molecule has 1 atom stereocenters. The SMILES string of the molecule is CC1(C)C(C(=O)N(CCc2cccc(Cl)c2)C2CC(=O)N(c3ccc(S(N)(=O)=O)cc3)C2=O)C1(C)C. The lowest BCUT2D eigenvalue weighted by Crippen LogP contribution is -2.47. The first-order valence-corrected chi connectivity index (χ1v) is 13.6. The summed E-state index contributed by atoms with van der Waals surface area (Å²) < 4.78 is 23.1. The predicted octanol–water partition coefficient (Wildman–Crippen LogP) is 3.37. The fourth-order valence-corrected chi connectivity index (χ4v) is 5.99. The summed E-state index contributed by atoms with van der Waals surface area (Å²) in [4.78, 5) is 42.7. The molecule has 0 bridgehead atoms. The average molecular weight is 532 g/mol. The zero-order chi connectivity index (χ0) is 26.6. The van der Waals surface area contributed by atoms with Crippen LogP contribution < -0.4 is 10.0 Å². The fraction of sp³-hybridized carbons (Fsp3) is 0.423. The molecule has 1 aliphatic heterocycles. The molecular formula is C26H30ClN3O5S. The molecule has 1 heterocycles. The van der Waals surface area contributed by atoms with Gasteiger partial charge >= 0.3 is 0 Å². The molecule has 1 saturated heterocycles. The molecule has 2 fully saturated rings. The van der Waals surface area contributed by atoms with Crippen molar-refractivity contribution in [1.82, 2.24) is 4.90 Å². The second-order valence-corrected chi connectivity index (χ2v) is 12.6. The summed E-state index contributed by atoms with van der Waals surface area (Å²) in [7, 11) is -3.92. The van der Waals surface area contributed by atoms with Crippen LogP contribution in [0.1, 0.15) is 39.7 Å². The van der Waals surface area contributed by atoms with Gasteiger partial charge in [-0.2, -0.15) is 0 Å². The van der Waals surface area contributed by atoms with E-state index in [2.05, 4.69) is 0 Å². The van der Waals surface area contributed by atoms with Crippen LogP contribution in [0.25, 0.3) is 0 Å². The lowest BCUT2D eigenvalue weighted by molar-refractivity contribution is -0.140. The maximum Gasteiger partial charge on any atom is 0.257 e. The summed E-state index contributed by atoms with van der Waals surface area (Å²) in [5, 5.41) is 5.73. The van der Waals surface area contributed by atoms with Gasteiger partial charge in [0.05, 0.1) is 17.0 Å². The van der Waals surface area contributed by atoms with Crippen molar-refractivity contribution in [1.29, 1.82) is 0 Å². The Labute approximate surface area is 216 Å². The fourth-order valence-electron chi connectivity index (χ4n) is 5.26. The predicted molar refractivity (Wildman–Crippen MR) is 137 cm³/mol. The van der Waals surface area contributed by atoms with E-state index in [0.29, 0.717) is 11.4 Å². The van der Waals surface area contributed by atoms with Crippen LogP contribution in [0.2, 0.25) is 5.02 Å². The number of anilines is 1. The highest BCUT2D eigenvalue weighted by atomic mass is 35.5. The molecule has 10 heteroatoms. The van der Waals surface area contributed by atoms with Crippen molar-refractivity contribution < 1.29 is 22.8 Å². The number of carbonyl (C=O) groups excluding carboxylic acids is 3. The van der Waals surface area contributed by atoms with Crippen LogP contribution in [-0.4, -0.2) is 43.6 Å². The molecular weight excluding hydrogens is 502 g/mol. The van der Waals surface area contributed by atoms with Gasteiger partial charge in [0.15, 0.2) is 0 Å². The molecule has 4 rings (SSSR count). The Morgan fingerprint density at radius 3 is 2.22 bits per heavy atom. The molecule has 1 saturated carbocycles. The van der Waals surface area contributed by atoms with E-state index in [4.69, 9.17) is 16.7 Å². The first-order chi connectivity index (χ1) is 16.7. The zero-order valence-corrected chi connectivity index (χ0v) is 22.3. The Hall–Kier alpha value is -2.75. The van der Waals surface area contributed by atoms with E-state index in [1.807, 2.05) is 45.9 Å². The van der Waals surface area contributed by atoms with Crippen LogP contribution in [-0.2, 0) is 30.8 Å². The maximum absolute atomic E-state index is 13.8. The quantitative estimate of drug-likeness (QED) is 0.549. The van der Waals surface area contributed by atoms with Gasteiger partial charge in [-0.15, -0.1) is 0 Å². The number of hydrogen-bond donors (Lipinski definition) is 1. The number of benzene rings is 2. The first-order valence-electron chi connectivity index (χ1n) is 11.7. The normalized spacial score (nSPS) is 21.1. The standard InChI is InChI=1S/C26H30ClN3O5S/c1-25(2)22(26(25,3)4)24(33)29(13-12-16-6-5-7-17(27)14-16)20-15-21(31)30(23(20)32)18-8-10-19(11-9-18)36(28,34)35/h5-11,14,20,22H,12-13,15H2,1-4H3,(H2,28,34,35). The van der Waals surface area contributed by atoms with E-state index in [1.165, 1.54) is 24.3 Å². The number of amides is 3. The monoisotopic (exact) mass is 531 g/mol. The molecule has 2 aromatic carbocycles. The van der Waals surface area contributed by atoms with Crippen molar-refractivity contribution in [3.63, 3.8) is 0 Å². The van der Waals surface area contributed by atoms with Gasteiger partial charge in [-0.3, -0.25) is 14.4 Å². The minimum absolute atomic E-state index is 0.126. The van der Waals surface area contributed by atoms with Crippen LogP contribution in [0.5, 0.6) is 0 Å². The van der Waals surface area contributed by atoms with Crippen LogP contribution in [0.3, 0.4) is 0 Å². The highest BCUT2D eigenvalue weighted by molar-refractivity contribution is 7.89. The summed E-state index contributed by atoms with van der Waals surface area (Å²) >= 11 is 6.12. The first kappa shape index (κ1) is 26.3. The van der Waals surface area contributed by atoms with Gasteiger partial charge in [-0.05, 0) is 59.2 Å². The Balaban J connectivity index is 1.63. The summed E-state index contributed by atoms with van der Waals surface area (Å²) in [6.07, 6.45) is 0.325. The molecule has 3 amide bonds. The van der Waals surface area contributed by atoms with Crippen LogP contribution in [0.4, 0.5) is 5.69 Å². The Kier molecular flexibility index (Phi) is 6.56. The molecule has 8 nitrogen and oxygen atoms in total. The molecule has 2 aliphatic rings. The summed E-state index contributed by atoms with van der Waals surface area (Å²) in [6, 6.07) is 11.6. The number of imide groups is 1. The second kappa shape index (κ2) is 8.97. The highest BCUT2D eigenvalue weighted by Gasteiger charge is 2.69. The Bertz CT molecular complexity index is 1320. The van der Waals surface area contributed by atoms with E-state index in [0.717, 1.165) is 10.5 Å². The van der Waals surface area contributed by atoms with Gasteiger partial charge in [0.2, 0.25) is 21.8 Å². The van der Waals surface area contributed by atoms with Crippen molar-refractivity contribution in [2.24, 2.45) is 21.9 Å². The number of nitrogens with zero attached hydrogens (tertiary/aromatic N) is 2. The maximum atomic E-state index is 13.8. The number of carbonyl (C=O) groups is 3. The molecule has 2 N–H and O–H groups in total. The Morgan fingerprint density at radius 2 is 1.69 bits per heavy atom. The highest BCUT2D eigenvalue weighted by Crippen LogP contribution is 2.69. The van der Waals surface area contributed by atoms with Crippen LogP contribution >= 0.6 is 11.6 Å². The van der Waals surface area contributed by atoms with Crippen molar-refractivity contribution in [2.75, 3.05) is 11.4 Å². The topological polar surface area (TPSA) is 118 Å². The molecule has 0 aromatic heterocycles. The van der Waals surface area contributed by atoms with E-state index < -0.39 is 27.9 Å². The van der Waals surface area contributed by atoms with Gasteiger partial charge in [-0.1, -0.05) is 51.4 Å². The summed E-state index contributed by atoms with van der Waals surface area (Å²) in [6.45, 7) is 8.39. The Morgan fingerprint density at radius 1 is 1.08 bits per heavy atom. The van der Waals surface area contributed by atoms with Gasteiger partial charge in [-0.25, -0.2) is 18.5 Å². The number of halogens is 1. The molecule has 2 aromatic rings. The number of rotatable bonds is 7. The molecule has 0 radical (unpaired) electrons. The van der Waals surface area contributed by atoms with Crippen LogP contribution in [0, 0.1) is 16.7 Å². The lowest BCUT2D eigenvalue weighted by atomic mass is 10.0. The smallest absolute Gasteiger partial charge is 0.257 e. The van der Waals surface area contributed by atoms with Gasteiger partial charge in [0, 0.05) is 17.5 Å². The zero-order valence-electron chi connectivity index (χ0n) is 20.7. The third-order valence-electron chi connectivity index (χ3n) is 8.00. The van der Waals surface area contributed by atoms with Crippen molar-refractivity contribution in [2.45, 2.75) is 51.5 Å². The summed E-state index contributed by atoms with van der Waals surface area (Å²) in [5.41, 5.74) is 0.664. The number of primary sulfonamides is 1. The number of sulfonamides is 1. The van der Waals surface area contributed by atoms with E-state index >= 15 is 0 Å². The largest absolute Gasteiger partial charge is 0.329 e. The average Bonchev–Trinajstić information content (AvgIpc) is 3.01.